The van der Waals surface area contributed by atoms with Crippen LogP contribution in [0.15, 0.2) is 48.7 Å². The van der Waals surface area contributed by atoms with Crippen LogP contribution in [0.1, 0.15) is 28.9 Å². The van der Waals surface area contributed by atoms with Crippen LogP contribution in [0.25, 0.3) is 11.3 Å². The van der Waals surface area contributed by atoms with E-state index in [1.165, 1.54) is 0 Å². The molecule has 0 bridgehead atoms. The van der Waals surface area contributed by atoms with Gasteiger partial charge in [0.15, 0.2) is 5.78 Å². The summed E-state index contributed by atoms with van der Waals surface area (Å²) >= 11 is 1.67. The molecule has 0 spiro atoms. The summed E-state index contributed by atoms with van der Waals surface area (Å²) in [7, 11) is 0. The molecule has 0 saturated carbocycles. The Bertz CT molecular complexity index is 1080. The summed E-state index contributed by atoms with van der Waals surface area (Å²) in [5.74, 6) is 1.43. The molecule has 160 valence electrons. The Kier molecular flexibility index (Phi) is 6.57. The van der Waals surface area contributed by atoms with E-state index in [2.05, 4.69) is 25.9 Å². The minimum absolute atomic E-state index is 0.141. The van der Waals surface area contributed by atoms with E-state index < -0.39 is 0 Å². The van der Waals surface area contributed by atoms with Crippen LogP contribution in [0, 0.1) is 0 Å². The first-order chi connectivity index (χ1) is 15.2. The lowest BCUT2D eigenvalue weighted by Gasteiger charge is -2.14. The molecule has 1 aliphatic carbocycles. The number of para-hydroxylation sites is 1. The van der Waals surface area contributed by atoms with Crippen molar-refractivity contribution < 1.29 is 9.59 Å². The Morgan fingerprint density at radius 1 is 1.19 bits per heavy atom. The maximum Gasteiger partial charge on any atom is 0.320 e. The first kappa shape index (κ1) is 21.0. The average Bonchev–Trinajstić information content (AvgIpc) is 3.14. The molecule has 3 aromatic rings. The second kappa shape index (κ2) is 9.70. The third-order valence-electron chi connectivity index (χ3n) is 5.11. The first-order valence-electron chi connectivity index (χ1n) is 10.3. The van der Waals surface area contributed by atoms with Gasteiger partial charge in [0.05, 0.1) is 16.9 Å². The summed E-state index contributed by atoms with van der Waals surface area (Å²) in [6.07, 6.45) is 5.87. The number of anilines is 3. The van der Waals surface area contributed by atoms with Crippen molar-refractivity contribution in [2.45, 2.75) is 19.3 Å². The van der Waals surface area contributed by atoms with E-state index in [1.807, 2.05) is 48.7 Å². The highest BCUT2D eigenvalue weighted by Gasteiger charge is 2.27. The van der Waals surface area contributed by atoms with Crippen molar-refractivity contribution >= 4 is 40.8 Å². The number of amides is 2. The van der Waals surface area contributed by atoms with Crippen molar-refractivity contribution in [2.24, 2.45) is 0 Å². The van der Waals surface area contributed by atoms with Gasteiger partial charge in [0.2, 0.25) is 0 Å². The number of carbonyl (C=O) groups excluding carboxylic acids is 2. The van der Waals surface area contributed by atoms with E-state index in [-0.39, 0.29) is 11.8 Å². The Labute approximate surface area is 185 Å². The zero-order valence-electron chi connectivity index (χ0n) is 17.3. The van der Waals surface area contributed by atoms with Crippen molar-refractivity contribution in [3.63, 3.8) is 0 Å². The fourth-order valence-electron chi connectivity index (χ4n) is 3.69. The molecule has 4 N–H and O–H groups in total. The Morgan fingerprint density at radius 3 is 2.84 bits per heavy atom. The zero-order valence-corrected chi connectivity index (χ0v) is 18.1. The van der Waals surface area contributed by atoms with Crippen molar-refractivity contribution in [3.8, 4) is 11.3 Å². The number of rotatable bonds is 7. The number of fused-ring (bicyclic) bond motifs is 1. The maximum absolute atomic E-state index is 12.7. The number of pyridine rings is 1. The lowest BCUT2D eigenvalue weighted by Crippen LogP contribution is -2.30. The van der Waals surface area contributed by atoms with Crippen LogP contribution in [0.4, 0.5) is 22.0 Å². The number of aryl methyl sites for hydroxylation is 1. The molecule has 4 rings (SSSR count). The van der Waals surface area contributed by atoms with Crippen LogP contribution < -0.4 is 16.0 Å². The summed E-state index contributed by atoms with van der Waals surface area (Å²) in [5.41, 5.74) is 5.02. The third kappa shape index (κ3) is 4.91. The molecule has 0 saturated heterocycles. The molecule has 2 amide bonds. The molecule has 0 fully saturated rings. The fraction of sp³-hybridized carbons (Fsp3) is 0.261. The number of urea groups is 1. The number of benzene rings is 1. The summed E-state index contributed by atoms with van der Waals surface area (Å²) in [5, 5.41) is 9.01. The molecule has 1 aromatic carbocycles. The van der Waals surface area contributed by atoms with Crippen LogP contribution in [-0.2, 0) is 6.42 Å². The van der Waals surface area contributed by atoms with E-state index in [9.17, 15) is 9.59 Å². The summed E-state index contributed by atoms with van der Waals surface area (Å²) in [6.45, 7) is 0.587. The van der Waals surface area contributed by atoms with E-state index >= 15 is 0 Å². The van der Waals surface area contributed by atoms with Gasteiger partial charge < -0.3 is 15.6 Å². The smallest absolute Gasteiger partial charge is 0.320 e. The molecule has 8 heteroatoms. The van der Waals surface area contributed by atoms with Crippen LogP contribution in [0.2, 0.25) is 0 Å². The van der Waals surface area contributed by atoms with Gasteiger partial charge >= 0.3 is 6.03 Å². The fourth-order valence-corrected chi connectivity index (χ4v) is 3.99. The number of carbonyl (C=O) groups is 2. The normalized spacial score (nSPS) is 12.9. The van der Waals surface area contributed by atoms with Gasteiger partial charge in [0, 0.05) is 41.9 Å². The van der Waals surface area contributed by atoms with Gasteiger partial charge in [-0.3, -0.25) is 10.1 Å². The third-order valence-corrected chi connectivity index (χ3v) is 5.72. The number of aromatic amines is 1. The number of nitrogens with one attached hydrogen (secondary N) is 4. The first-order valence-corrected chi connectivity index (χ1v) is 11.7. The van der Waals surface area contributed by atoms with E-state index in [0.29, 0.717) is 18.8 Å². The van der Waals surface area contributed by atoms with Crippen molar-refractivity contribution in [1.82, 2.24) is 15.3 Å². The summed E-state index contributed by atoms with van der Waals surface area (Å²) < 4.78 is 0. The van der Waals surface area contributed by atoms with Crippen molar-refractivity contribution in [3.05, 3.63) is 59.9 Å². The summed E-state index contributed by atoms with van der Waals surface area (Å²) in [6, 6.07) is 13.2. The monoisotopic (exact) mass is 435 g/mol. The number of thioether (sulfide) groups is 1. The highest BCUT2D eigenvalue weighted by molar-refractivity contribution is 7.98. The number of H-pyrrole nitrogens is 1. The minimum atomic E-state index is -0.290. The van der Waals surface area contributed by atoms with Crippen molar-refractivity contribution in [1.29, 1.82) is 0 Å². The predicted molar refractivity (Wildman–Crippen MR) is 126 cm³/mol. The Morgan fingerprint density at radius 2 is 2.03 bits per heavy atom. The molecule has 7 nitrogen and oxygen atoms in total. The van der Waals surface area contributed by atoms with E-state index in [0.717, 1.165) is 52.5 Å². The van der Waals surface area contributed by atoms with E-state index in [1.54, 1.807) is 18.0 Å². The van der Waals surface area contributed by atoms with Gasteiger partial charge in [0.1, 0.15) is 5.82 Å². The predicted octanol–water partition coefficient (Wildman–Crippen LogP) is 4.82. The number of aromatic nitrogens is 2. The topological polar surface area (TPSA) is 98.9 Å². The van der Waals surface area contributed by atoms with Gasteiger partial charge in [-0.1, -0.05) is 18.2 Å². The molecule has 2 heterocycles. The largest absolute Gasteiger partial charge is 0.356 e. The Balaban J connectivity index is 1.66. The Hall–Kier alpha value is -3.26. The molecule has 2 aromatic heterocycles. The number of hydrogen-bond acceptors (Lipinski definition) is 5. The minimum Gasteiger partial charge on any atom is -0.356 e. The molecule has 31 heavy (non-hydrogen) atoms. The molecule has 1 aliphatic rings. The van der Waals surface area contributed by atoms with Crippen LogP contribution in [0.3, 0.4) is 0 Å². The SMILES string of the molecule is CSCCNC(=O)Nc1cc(-c2[nH]c3c(c2Nc2ccccc2)C(=O)CCC3)ccn1. The summed E-state index contributed by atoms with van der Waals surface area (Å²) in [4.78, 5) is 32.6. The molecular formula is C23H25N5O2S. The highest BCUT2D eigenvalue weighted by atomic mass is 32.2. The van der Waals surface area contributed by atoms with Gasteiger partial charge in [-0.05, 0) is 43.4 Å². The van der Waals surface area contributed by atoms with Gasteiger partial charge in [-0.2, -0.15) is 11.8 Å². The quantitative estimate of drug-likeness (QED) is 0.399. The highest BCUT2D eigenvalue weighted by Crippen LogP contribution is 2.39. The molecular weight excluding hydrogens is 410 g/mol. The lowest BCUT2D eigenvalue weighted by molar-refractivity contribution is 0.0973. The van der Waals surface area contributed by atoms with Gasteiger partial charge in [0.25, 0.3) is 0 Å². The number of hydrogen-bond donors (Lipinski definition) is 4. The second-order valence-electron chi connectivity index (χ2n) is 7.30. The molecule has 0 atom stereocenters. The van der Waals surface area contributed by atoms with Crippen molar-refractivity contribution in [2.75, 3.05) is 29.2 Å². The van der Waals surface area contributed by atoms with Gasteiger partial charge in [-0.25, -0.2) is 9.78 Å². The van der Waals surface area contributed by atoms with E-state index in [4.69, 9.17) is 0 Å². The lowest BCUT2D eigenvalue weighted by atomic mass is 9.95. The second-order valence-corrected chi connectivity index (χ2v) is 8.29. The molecule has 0 aliphatic heterocycles. The molecule has 0 radical (unpaired) electrons. The maximum atomic E-state index is 12.7. The van der Waals surface area contributed by atoms with Crippen LogP contribution in [0.5, 0.6) is 0 Å². The van der Waals surface area contributed by atoms with Crippen LogP contribution >= 0.6 is 11.8 Å². The average molecular weight is 436 g/mol. The zero-order chi connectivity index (χ0) is 21.6. The number of ketones is 1. The van der Waals surface area contributed by atoms with Gasteiger partial charge in [-0.15, -0.1) is 0 Å². The number of nitrogens with zero attached hydrogens (tertiary/aromatic N) is 1. The standard InChI is InChI=1S/C23H25N5O2S/c1-31-13-12-25-23(30)28-19-14-15(10-11-24-19)21-22(26-16-6-3-2-4-7-16)20-17(27-21)8-5-9-18(20)29/h2-4,6-7,10-11,14,26-27H,5,8-9,12-13H2,1H3,(H2,24,25,28,30). The molecule has 0 unspecified atom stereocenters. The number of Topliss-reactive ketones (excluding diaryl/α,β-unsaturated/α-hetero) is 1. The van der Waals surface area contributed by atoms with Crippen LogP contribution in [-0.4, -0.2) is 40.3 Å².